The molecule has 1 aromatic rings. The molecule has 15 heavy (non-hydrogen) atoms. The molecule has 0 nitrogen and oxygen atoms in total. The highest BCUT2D eigenvalue weighted by atomic mass is 32.1. The van der Waals surface area contributed by atoms with Crippen LogP contribution in [0.5, 0.6) is 0 Å². The first-order valence-electron chi connectivity index (χ1n) is 6.39. The molecule has 0 fully saturated rings. The normalized spacial score (nSPS) is 9.47. The van der Waals surface area contributed by atoms with Gasteiger partial charge in [0.15, 0.2) is 0 Å². The van der Waals surface area contributed by atoms with Crippen molar-refractivity contribution in [1.82, 2.24) is 0 Å². The van der Waals surface area contributed by atoms with Crippen LogP contribution < -0.4 is 0 Å². The minimum atomic E-state index is 1.37. The first-order chi connectivity index (χ1) is 7.41. The number of rotatable bonds is 7. The van der Waals surface area contributed by atoms with E-state index in [9.17, 15) is 0 Å². The van der Waals surface area contributed by atoms with Gasteiger partial charge in [-0.1, -0.05) is 77.3 Å². The smallest absolute Gasteiger partial charge is 0.00934 e. The van der Waals surface area contributed by atoms with Crippen LogP contribution >= 0.6 is 11.3 Å². The van der Waals surface area contributed by atoms with Crippen molar-refractivity contribution in [3.05, 3.63) is 22.9 Å². The third-order valence-corrected chi connectivity index (χ3v) is 3.01. The lowest BCUT2D eigenvalue weighted by atomic mass is 10.1. The molecule has 0 aromatic carbocycles. The van der Waals surface area contributed by atoms with E-state index in [1.54, 1.807) is 11.3 Å². The zero-order valence-corrected chi connectivity index (χ0v) is 11.2. The molecule has 0 spiro atoms. The van der Waals surface area contributed by atoms with Crippen LogP contribution in [0, 0.1) is 0 Å². The Balaban J connectivity index is 0.000000322. The maximum absolute atomic E-state index is 2.27. The van der Waals surface area contributed by atoms with Crippen molar-refractivity contribution in [2.75, 3.05) is 0 Å². The van der Waals surface area contributed by atoms with Crippen LogP contribution in [0.3, 0.4) is 0 Å². The molecule has 0 aliphatic heterocycles. The van der Waals surface area contributed by atoms with Crippen LogP contribution in [0.2, 0.25) is 0 Å². The van der Waals surface area contributed by atoms with Gasteiger partial charge in [-0.15, -0.1) is 0 Å². The summed E-state index contributed by atoms with van der Waals surface area (Å²) in [5, 5.41) is 4.08. The van der Waals surface area contributed by atoms with Crippen LogP contribution in [-0.4, -0.2) is 0 Å². The number of hydrogen-bond donors (Lipinski definition) is 0. The van der Waals surface area contributed by atoms with Crippen molar-refractivity contribution in [3.8, 4) is 0 Å². The summed E-state index contributed by atoms with van der Waals surface area (Å²) in [4.78, 5) is 0. The highest BCUT2D eigenvalue weighted by Gasteiger charge is 1.87. The van der Waals surface area contributed by atoms with E-state index in [0.29, 0.717) is 0 Å². The molecule has 0 aliphatic carbocycles. The Hall–Kier alpha value is -0.300. The van der Waals surface area contributed by atoms with E-state index in [0.717, 1.165) is 0 Å². The molecule has 1 rings (SSSR count). The van der Waals surface area contributed by atoms with Crippen molar-refractivity contribution >= 4 is 11.3 Å². The molecule has 88 valence electrons. The van der Waals surface area contributed by atoms with Gasteiger partial charge in [-0.05, 0) is 10.8 Å². The monoisotopic (exact) mass is 226 g/mol. The topological polar surface area (TPSA) is 0 Å². The van der Waals surface area contributed by atoms with Gasteiger partial charge >= 0.3 is 0 Å². The minimum Gasteiger partial charge on any atom is -0.152 e. The molecule has 0 unspecified atom stereocenters. The lowest BCUT2D eigenvalue weighted by Crippen LogP contribution is -1.77. The first-order valence-corrected chi connectivity index (χ1v) is 7.33. The molecular formula is C14H26S. The van der Waals surface area contributed by atoms with Crippen LogP contribution in [0.25, 0.3) is 0 Å². The largest absolute Gasteiger partial charge is 0.152 e. The Labute approximate surface area is 99.7 Å². The molecule has 0 amide bonds. The Morgan fingerprint density at radius 2 is 1.07 bits per heavy atom. The Bertz CT molecular complexity index is 142. The quantitative estimate of drug-likeness (QED) is 0.508. The molecule has 0 radical (unpaired) electrons. The Morgan fingerprint density at radius 1 is 0.667 bits per heavy atom. The van der Waals surface area contributed by atoms with Gasteiger partial charge in [-0.25, -0.2) is 0 Å². The fraction of sp³-hybridized carbons (Fsp3) is 0.714. The molecule has 1 heterocycles. The predicted octanol–water partition coefficient (Wildman–Crippen LogP) is 5.90. The van der Waals surface area contributed by atoms with Crippen molar-refractivity contribution < 1.29 is 0 Å². The highest BCUT2D eigenvalue weighted by molar-refractivity contribution is 7.07. The van der Waals surface area contributed by atoms with Crippen LogP contribution in [0.15, 0.2) is 22.9 Å². The van der Waals surface area contributed by atoms with Gasteiger partial charge in [-0.2, -0.15) is 11.3 Å². The predicted molar refractivity (Wildman–Crippen MR) is 72.6 cm³/mol. The van der Waals surface area contributed by atoms with E-state index in [1.807, 2.05) is 22.9 Å². The average molecular weight is 226 g/mol. The fourth-order valence-electron chi connectivity index (χ4n) is 1.43. The van der Waals surface area contributed by atoms with Gasteiger partial charge in [0.1, 0.15) is 0 Å². The highest BCUT2D eigenvalue weighted by Crippen LogP contribution is 2.07. The third kappa shape index (κ3) is 13.7. The molecule has 0 atom stereocenters. The summed E-state index contributed by atoms with van der Waals surface area (Å²) in [6.07, 6.45) is 11.5. The van der Waals surface area contributed by atoms with E-state index < -0.39 is 0 Å². The maximum atomic E-state index is 2.27. The molecular weight excluding hydrogens is 200 g/mol. The zero-order chi connectivity index (χ0) is 11.2. The van der Waals surface area contributed by atoms with Crippen molar-refractivity contribution in [2.45, 2.75) is 65.2 Å². The van der Waals surface area contributed by atoms with Gasteiger partial charge in [0, 0.05) is 0 Å². The zero-order valence-electron chi connectivity index (χ0n) is 10.4. The first kappa shape index (κ1) is 14.7. The van der Waals surface area contributed by atoms with Gasteiger partial charge in [0.25, 0.3) is 0 Å². The molecule has 0 aliphatic rings. The lowest BCUT2D eigenvalue weighted by molar-refractivity contribution is 0.585. The summed E-state index contributed by atoms with van der Waals surface area (Å²) in [5.74, 6) is 0. The standard InChI is InChI=1S/C10H22.C4H4S/c1-3-5-7-9-10-8-6-4-2;1-2-4-5-3-1/h3-10H2,1-2H3;1-4H. The van der Waals surface area contributed by atoms with Crippen molar-refractivity contribution in [1.29, 1.82) is 0 Å². The second kappa shape index (κ2) is 13.7. The lowest BCUT2D eigenvalue weighted by Gasteiger charge is -1.97. The van der Waals surface area contributed by atoms with Crippen molar-refractivity contribution in [3.63, 3.8) is 0 Å². The molecule has 0 saturated heterocycles. The van der Waals surface area contributed by atoms with Crippen LogP contribution in [0.4, 0.5) is 0 Å². The summed E-state index contributed by atoms with van der Waals surface area (Å²) in [7, 11) is 0. The number of unbranched alkanes of at least 4 members (excludes halogenated alkanes) is 7. The SMILES string of the molecule is CCCCCCCCCC.c1ccsc1. The fourth-order valence-corrected chi connectivity index (χ4v) is 1.89. The molecule has 0 N–H and O–H groups in total. The Kier molecular flexibility index (Phi) is 13.4. The second-order valence-corrected chi connectivity index (χ2v) is 4.73. The second-order valence-electron chi connectivity index (χ2n) is 3.91. The summed E-state index contributed by atoms with van der Waals surface area (Å²) < 4.78 is 0. The van der Waals surface area contributed by atoms with E-state index in [2.05, 4.69) is 13.8 Å². The Morgan fingerprint density at radius 3 is 1.33 bits per heavy atom. The van der Waals surface area contributed by atoms with Gasteiger partial charge in [0.2, 0.25) is 0 Å². The number of hydrogen-bond acceptors (Lipinski definition) is 1. The van der Waals surface area contributed by atoms with Crippen molar-refractivity contribution in [2.24, 2.45) is 0 Å². The van der Waals surface area contributed by atoms with E-state index in [4.69, 9.17) is 0 Å². The molecule has 0 saturated carbocycles. The molecule has 1 heteroatoms. The number of thiophene rings is 1. The maximum Gasteiger partial charge on any atom is -0.00934 e. The third-order valence-electron chi connectivity index (χ3n) is 2.38. The average Bonchev–Trinajstić information content (AvgIpc) is 2.82. The minimum absolute atomic E-state index is 1.37. The molecule has 1 aromatic heterocycles. The van der Waals surface area contributed by atoms with E-state index in [1.165, 1.54) is 51.4 Å². The molecule has 0 bridgehead atoms. The van der Waals surface area contributed by atoms with Gasteiger partial charge < -0.3 is 0 Å². The summed E-state index contributed by atoms with van der Waals surface area (Å²) in [6.45, 7) is 4.54. The van der Waals surface area contributed by atoms with Crippen LogP contribution in [-0.2, 0) is 0 Å². The summed E-state index contributed by atoms with van der Waals surface area (Å²) in [6, 6.07) is 4.04. The summed E-state index contributed by atoms with van der Waals surface area (Å²) in [5.41, 5.74) is 0. The van der Waals surface area contributed by atoms with Gasteiger partial charge in [0.05, 0.1) is 0 Å². The van der Waals surface area contributed by atoms with Crippen LogP contribution in [0.1, 0.15) is 65.2 Å². The van der Waals surface area contributed by atoms with Gasteiger partial charge in [-0.3, -0.25) is 0 Å². The summed E-state index contributed by atoms with van der Waals surface area (Å²) >= 11 is 1.71. The van der Waals surface area contributed by atoms with E-state index in [-0.39, 0.29) is 0 Å². The van der Waals surface area contributed by atoms with E-state index >= 15 is 0 Å².